The van der Waals surface area contributed by atoms with Crippen molar-refractivity contribution in [3.05, 3.63) is 69.3 Å². The Morgan fingerprint density at radius 3 is 2.50 bits per heavy atom. The summed E-state index contributed by atoms with van der Waals surface area (Å²) >= 11 is 0. The van der Waals surface area contributed by atoms with Crippen LogP contribution >= 0.6 is 0 Å². The molecule has 26 heavy (non-hydrogen) atoms. The molecule has 0 saturated heterocycles. The van der Waals surface area contributed by atoms with Crippen LogP contribution in [0.25, 0.3) is 0 Å². The van der Waals surface area contributed by atoms with Crippen molar-refractivity contribution in [1.82, 2.24) is 4.90 Å². The maximum Gasteiger partial charge on any atom is 0.274 e. The maximum absolute atomic E-state index is 12.4. The van der Waals surface area contributed by atoms with Gasteiger partial charge in [0, 0.05) is 29.9 Å². The van der Waals surface area contributed by atoms with Gasteiger partial charge in [-0.15, -0.1) is 0 Å². The van der Waals surface area contributed by atoms with Crippen LogP contribution in [0.1, 0.15) is 29.5 Å². The minimum absolute atomic E-state index is 0.0153. The predicted octanol–water partition coefficient (Wildman–Crippen LogP) is 3.81. The molecule has 2 aromatic rings. The van der Waals surface area contributed by atoms with Crippen molar-refractivity contribution < 1.29 is 9.72 Å². The van der Waals surface area contributed by atoms with Crippen LogP contribution in [0.15, 0.2) is 42.5 Å². The molecule has 1 fully saturated rings. The number of carbonyl (C=O) groups excluding carboxylic acids is 1. The van der Waals surface area contributed by atoms with E-state index in [-0.39, 0.29) is 18.1 Å². The fraction of sp³-hybridized carbons (Fsp3) is 0.350. The van der Waals surface area contributed by atoms with Crippen LogP contribution in [0.2, 0.25) is 0 Å². The lowest BCUT2D eigenvalue weighted by atomic mass is 10.1. The van der Waals surface area contributed by atoms with E-state index in [2.05, 4.69) is 41.4 Å². The Morgan fingerprint density at radius 1 is 1.19 bits per heavy atom. The van der Waals surface area contributed by atoms with Crippen LogP contribution in [0.3, 0.4) is 0 Å². The molecule has 1 aliphatic rings. The van der Waals surface area contributed by atoms with Gasteiger partial charge in [0.2, 0.25) is 5.91 Å². The molecule has 0 radical (unpaired) electrons. The van der Waals surface area contributed by atoms with Gasteiger partial charge in [0.15, 0.2) is 0 Å². The monoisotopic (exact) mass is 353 g/mol. The smallest absolute Gasteiger partial charge is 0.274 e. The minimum atomic E-state index is -0.432. The SMILES string of the molecule is Cc1ccc(CN(CC(=O)Nc2ccc(C)c([N+](=O)[O-])c2)C2CC2)cc1. The van der Waals surface area contributed by atoms with E-state index in [1.807, 2.05) is 0 Å². The molecule has 1 amide bonds. The second kappa shape index (κ2) is 7.66. The maximum atomic E-state index is 12.4. The highest BCUT2D eigenvalue weighted by atomic mass is 16.6. The molecular formula is C20H23N3O3. The largest absolute Gasteiger partial charge is 0.325 e. The van der Waals surface area contributed by atoms with Crippen molar-refractivity contribution in [2.24, 2.45) is 0 Å². The summed E-state index contributed by atoms with van der Waals surface area (Å²) in [5.41, 5.74) is 3.44. The minimum Gasteiger partial charge on any atom is -0.325 e. The summed E-state index contributed by atoms with van der Waals surface area (Å²) in [7, 11) is 0. The molecule has 0 unspecified atom stereocenters. The lowest BCUT2D eigenvalue weighted by Gasteiger charge is -2.21. The molecule has 1 aliphatic carbocycles. The van der Waals surface area contributed by atoms with E-state index >= 15 is 0 Å². The summed E-state index contributed by atoms with van der Waals surface area (Å²) in [5.74, 6) is -0.151. The Labute approximate surface area is 153 Å². The lowest BCUT2D eigenvalue weighted by molar-refractivity contribution is -0.385. The summed E-state index contributed by atoms with van der Waals surface area (Å²) in [6, 6.07) is 13.5. The first-order valence-electron chi connectivity index (χ1n) is 8.77. The van der Waals surface area contributed by atoms with E-state index in [1.54, 1.807) is 19.1 Å². The van der Waals surface area contributed by atoms with Gasteiger partial charge in [0.1, 0.15) is 0 Å². The molecule has 1 saturated carbocycles. The number of hydrogen-bond donors (Lipinski definition) is 1. The van der Waals surface area contributed by atoms with Gasteiger partial charge in [-0.3, -0.25) is 19.8 Å². The molecular weight excluding hydrogens is 330 g/mol. The van der Waals surface area contributed by atoms with Crippen LogP contribution in [0, 0.1) is 24.0 Å². The Balaban J connectivity index is 1.64. The lowest BCUT2D eigenvalue weighted by Crippen LogP contribution is -2.34. The molecule has 0 bridgehead atoms. The fourth-order valence-electron chi connectivity index (χ4n) is 2.95. The number of nitrogens with zero attached hydrogens (tertiary/aromatic N) is 2. The number of nitro groups is 1. The van der Waals surface area contributed by atoms with E-state index in [9.17, 15) is 14.9 Å². The average molecular weight is 353 g/mol. The van der Waals surface area contributed by atoms with Gasteiger partial charge in [0.25, 0.3) is 5.69 Å². The highest BCUT2D eigenvalue weighted by molar-refractivity contribution is 5.92. The molecule has 2 aromatic carbocycles. The first kappa shape index (κ1) is 18.1. The summed E-state index contributed by atoms with van der Waals surface area (Å²) < 4.78 is 0. The number of hydrogen-bond acceptors (Lipinski definition) is 4. The molecule has 1 N–H and O–H groups in total. The molecule has 136 valence electrons. The molecule has 0 aromatic heterocycles. The third-order valence-corrected chi connectivity index (χ3v) is 4.61. The van der Waals surface area contributed by atoms with Gasteiger partial charge < -0.3 is 5.32 Å². The molecule has 0 atom stereocenters. The summed E-state index contributed by atoms with van der Waals surface area (Å²) in [4.78, 5) is 25.2. The number of nitro benzene ring substituents is 1. The Hall–Kier alpha value is -2.73. The first-order valence-corrected chi connectivity index (χ1v) is 8.77. The Morgan fingerprint density at radius 2 is 1.88 bits per heavy atom. The van der Waals surface area contributed by atoms with Crippen LogP contribution in [-0.2, 0) is 11.3 Å². The molecule has 0 heterocycles. The van der Waals surface area contributed by atoms with Gasteiger partial charge in [-0.2, -0.15) is 0 Å². The van der Waals surface area contributed by atoms with Gasteiger partial charge in [-0.05, 0) is 38.3 Å². The highest BCUT2D eigenvalue weighted by Gasteiger charge is 2.30. The van der Waals surface area contributed by atoms with E-state index in [0.717, 1.165) is 19.4 Å². The molecule has 6 heteroatoms. The third-order valence-electron chi connectivity index (χ3n) is 4.61. The van der Waals surface area contributed by atoms with Crippen molar-refractivity contribution in [2.75, 3.05) is 11.9 Å². The zero-order chi connectivity index (χ0) is 18.7. The Bertz CT molecular complexity index is 814. The van der Waals surface area contributed by atoms with E-state index in [4.69, 9.17) is 0 Å². The number of amides is 1. The number of carbonyl (C=O) groups is 1. The molecule has 0 aliphatic heterocycles. The van der Waals surface area contributed by atoms with Crippen LogP contribution in [0.4, 0.5) is 11.4 Å². The van der Waals surface area contributed by atoms with E-state index in [1.165, 1.54) is 17.2 Å². The average Bonchev–Trinajstić information content (AvgIpc) is 3.43. The van der Waals surface area contributed by atoms with Gasteiger partial charge >= 0.3 is 0 Å². The summed E-state index contributed by atoms with van der Waals surface area (Å²) in [6.45, 7) is 4.74. The van der Waals surface area contributed by atoms with Crippen molar-refractivity contribution in [3.8, 4) is 0 Å². The molecule has 6 nitrogen and oxygen atoms in total. The van der Waals surface area contributed by atoms with Crippen LogP contribution in [-0.4, -0.2) is 28.3 Å². The van der Waals surface area contributed by atoms with Gasteiger partial charge in [-0.1, -0.05) is 35.9 Å². The zero-order valence-corrected chi connectivity index (χ0v) is 15.1. The molecule has 0 spiro atoms. The normalized spacial score (nSPS) is 13.7. The number of aryl methyl sites for hydroxylation is 2. The van der Waals surface area contributed by atoms with Crippen molar-refractivity contribution in [1.29, 1.82) is 0 Å². The second-order valence-corrected chi connectivity index (χ2v) is 6.93. The standard InChI is InChI=1S/C20H23N3O3/c1-14-3-6-16(7-4-14)12-22(18-9-10-18)13-20(24)21-17-8-5-15(2)19(11-17)23(25)26/h3-8,11,18H,9-10,12-13H2,1-2H3,(H,21,24). The van der Waals surface area contributed by atoms with Gasteiger partial charge in [0.05, 0.1) is 11.5 Å². The zero-order valence-electron chi connectivity index (χ0n) is 15.1. The fourth-order valence-corrected chi connectivity index (χ4v) is 2.95. The predicted molar refractivity (Wildman–Crippen MR) is 101 cm³/mol. The van der Waals surface area contributed by atoms with Crippen LogP contribution < -0.4 is 5.32 Å². The van der Waals surface area contributed by atoms with Crippen LogP contribution in [0.5, 0.6) is 0 Å². The number of benzene rings is 2. The summed E-state index contributed by atoms with van der Waals surface area (Å²) in [6.07, 6.45) is 2.21. The van der Waals surface area contributed by atoms with Crippen molar-refractivity contribution >= 4 is 17.3 Å². The van der Waals surface area contributed by atoms with Crippen molar-refractivity contribution in [2.45, 2.75) is 39.3 Å². The van der Waals surface area contributed by atoms with Gasteiger partial charge in [-0.25, -0.2) is 0 Å². The summed E-state index contributed by atoms with van der Waals surface area (Å²) in [5, 5.41) is 13.8. The van der Waals surface area contributed by atoms with E-state index in [0.29, 0.717) is 17.3 Å². The topological polar surface area (TPSA) is 75.5 Å². The highest BCUT2D eigenvalue weighted by Crippen LogP contribution is 2.28. The number of anilines is 1. The second-order valence-electron chi connectivity index (χ2n) is 6.93. The van der Waals surface area contributed by atoms with E-state index < -0.39 is 4.92 Å². The van der Waals surface area contributed by atoms with Crippen molar-refractivity contribution in [3.63, 3.8) is 0 Å². The number of rotatable bonds is 7. The quantitative estimate of drug-likeness (QED) is 0.606. The Kier molecular flexibility index (Phi) is 5.32. The molecule has 3 rings (SSSR count). The first-order chi connectivity index (χ1) is 12.4. The third kappa shape index (κ3) is 4.67. The number of nitrogens with one attached hydrogen (secondary N) is 1.